The maximum Gasteiger partial charge on any atom is 0.336 e. The van der Waals surface area contributed by atoms with Gasteiger partial charge in [-0.3, -0.25) is 0 Å². The number of esters is 2. The summed E-state index contributed by atoms with van der Waals surface area (Å²) in [7, 11) is 0. The zero-order chi connectivity index (χ0) is 22.5. The first-order valence-corrected chi connectivity index (χ1v) is 10.6. The van der Waals surface area contributed by atoms with Crippen molar-refractivity contribution < 1.29 is 19.1 Å². The van der Waals surface area contributed by atoms with Crippen molar-refractivity contribution in [2.24, 2.45) is 0 Å². The Morgan fingerprint density at radius 1 is 0.774 bits per heavy atom. The van der Waals surface area contributed by atoms with Gasteiger partial charge in [0.15, 0.2) is 0 Å². The Kier molecular flexibility index (Phi) is 6.95. The lowest BCUT2D eigenvalue weighted by atomic mass is 9.79. The Morgan fingerprint density at radius 2 is 1.26 bits per heavy atom. The Morgan fingerprint density at radius 3 is 1.71 bits per heavy atom. The lowest BCUT2D eigenvalue weighted by Crippen LogP contribution is -2.35. The maximum atomic E-state index is 13.2. The molecule has 0 radical (unpaired) electrons. The van der Waals surface area contributed by atoms with Crippen molar-refractivity contribution in [2.45, 2.75) is 40.5 Å². The van der Waals surface area contributed by atoms with Crippen LogP contribution in [0.2, 0.25) is 0 Å². The largest absolute Gasteiger partial charge is 0.463 e. The van der Waals surface area contributed by atoms with Crippen molar-refractivity contribution in [3.05, 3.63) is 88.3 Å². The van der Waals surface area contributed by atoms with Gasteiger partial charge in [0.1, 0.15) is 0 Å². The van der Waals surface area contributed by atoms with Gasteiger partial charge in [0.2, 0.25) is 0 Å². The van der Waals surface area contributed by atoms with E-state index in [-0.39, 0.29) is 13.2 Å². The number of hydrogen-bond acceptors (Lipinski definition) is 5. The Bertz CT molecular complexity index is 977. The van der Waals surface area contributed by atoms with Crippen molar-refractivity contribution >= 4 is 17.6 Å². The van der Waals surface area contributed by atoms with E-state index < -0.39 is 17.9 Å². The van der Waals surface area contributed by atoms with Gasteiger partial charge in [-0.05, 0) is 52.3 Å². The molecular formula is C26H29NO4. The number of benzene rings is 2. The highest BCUT2D eigenvalue weighted by molar-refractivity contribution is 6.01. The van der Waals surface area contributed by atoms with Gasteiger partial charge in [-0.1, -0.05) is 48.0 Å². The van der Waals surface area contributed by atoms with Gasteiger partial charge >= 0.3 is 11.9 Å². The van der Waals surface area contributed by atoms with E-state index in [4.69, 9.17) is 9.47 Å². The van der Waals surface area contributed by atoms with Crippen molar-refractivity contribution in [1.82, 2.24) is 0 Å². The van der Waals surface area contributed by atoms with E-state index in [1.54, 1.807) is 13.8 Å². The summed E-state index contributed by atoms with van der Waals surface area (Å²) in [6.07, 6.45) is 0. The number of allylic oxidation sites excluding steroid dienone is 2. The van der Waals surface area contributed by atoms with Crippen LogP contribution >= 0.6 is 0 Å². The molecule has 0 atom stereocenters. The molecule has 0 bridgehead atoms. The summed E-state index contributed by atoms with van der Waals surface area (Å²) in [6, 6.07) is 17.5. The van der Waals surface area contributed by atoms with Crippen LogP contribution in [0, 0.1) is 6.92 Å². The molecule has 0 saturated heterocycles. The van der Waals surface area contributed by atoms with Crippen LogP contribution in [0.15, 0.2) is 77.1 Å². The molecule has 0 amide bonds. The molecule has 0 saturated carbocycles. The molecule has 1 heterocycles. The zero-order valence-corrected chi connectivity index (χ0v) is 18.8. The number of nitrogens with zero attached hydrogens (tertiary/aromatic N) is 1. The molecule has 2 aromatic carbocycles. The second-order valence-electron chi connectivity index (χ2n) is 7.45. The average molecular weight is 420 g/mol. The molecule has 3 rings (SSSR count). The lowest BCUT2D eigenvalue weighted by molar-refractivity contribution is -0.139. The minimum atomic E-state index is -0.569. The number of aryl methyl sites for hydroxylation is 1. The summed E-state index contributed by atoms with van der Waals surface area (Å²) in [4.78, 5) is 28.3. The third-order valence-electron chi connectivity index (χ3n) is 5.44. The minimum Gasteiger partial charge on any atom is -0.463 e. The van der Waals surface area contributed by atoms with E-state index in [1.807, 2.05) is 80.3 Å². The summed E-state index contributed by atoms with van der Waals surface area (Å²) in [5, 5.41) is 0. The van der Waals surface area contributed by atoms with Crippen LogP contribution in [-0.2, 0) is 19.1 Å². The van der Waals surface area contributed by atoms with Crippen molar-refractivity contribution in [2.75, 3.05) is 18.1 Å². The second kappa shape index (κ2) is 9.65. The maximum absolute atomic E-state index is 13.2. The summed E-state index contributed by atoms with van der Waals surface area (Å²) in [5.74, 6) is -1.43. The van der Waals surface area contributed by atoms with Crippen LogP contribution in [-0.4, -0.2) is 25.2 Å². The highest BCUT2D eigenvalue weighted by Crippen LogP contribution is 2.44. The molecule has 0 spiro atoms. The van der Waals surface area contributed by atoms with Crippen molar-refractivity contribution in [1.29, 1.82) is 0 Å². The minimum absolute atomic E-state index is 0.249. The standard InChI is InChI=1S/C26H29NO4/c1-6-30-25(28)22-18(4)27(21-15-13-17(3)14-16-21)19(5)23(26(29)31-7-2)24(22)20-11-9-8-10-12-20/h8-16,24H,6-7H2,1-5H3. The molecule has 0 N–H and O–H groups in total. The first-order chi connectivity index (χ1) is 14.9. The molecule has 162 valence electrons. The zero-order valence-electron chi connectivity index (χ0n) is 18.8. The number of anilines is 1. The van der Waals surface area contributed by atoms with E-state index in [2.05, 4.69) is 0 Å². The van der Waals surface area contributed by atoms with Gasteiger partial charge in [0.25, 0.3) is 0 Å². The third kappa shape index (κ3) is 4.41. The topological polar surface area (TPSA) is 55.8 Å². The van der Waals surface area contributed by atoms with Gasteiger partial charge in [0.05, 0.1) is 30.3 Å². The predicted octanol–water partition coefficient (Wildman–Crippen LogP) is 5.27. The monoisotopic (exact) mass is 419 g/mol. The molecule has 1 aliphatic heterocycles. The molecule has 0 fully saturated rings. The average Bonchev–Trinajstić information content (AvgIpc) is 2.75. The number of hydrogen-bond donors (Lipinski definition) is 0. The number of ether oxygens (including phenoxy) is 2. The van der Waals surface area contributed by atoms with Gasteiger partial charge < -0.3 is 14.4 Å². The van der Waals surface area contributed by atoms with Gasteiger partial charge in [-0.2, -0.15) is 0 Å². The highest BCUT2D eigenvalue weighted by atomic mass is 16.5. The van der Waals surface area contributed by atoms with E-state index in [1.165, 1.54) is 0 Å². The first-order valence-electron chi connectivity index (χ1n) is 10.6. The fourth-order valence-corrected chi connectivity index (χ4v) is 4.06. The van der Waals surface area contributed by atoms with Gasteiger partial charge in [-0.25, -0.2) is 9.59 Å². The smallest absolute Gasteiger partial charge is 0.336 e. The fraction of sp³-hybridized carbons (Fsp3) is 0.308. The van der Waals surface area contributed by atoms with E-state index in [0.717, 1.165) is 28.2 Å². The molecule has 1 aliphatic rings. The normalized spacial score (nSPS) is 14.7. The summed E-state index contributed by atoms with van der Waals surface area (Å²) in [5.41, 5.74) is 5.21. The Labute approximate surface area is 184 Å². The van der Waals surface area contributed by atoms with Gasteiger partial charge in [-0.15, -0.1) is 0 Å². The molecule has 5 heteroatoms. The van der Waals surface area contributed by atoms with Crippen molar-refractivity contribution in [3.8, 4) is 0 Å². The molecule has 0 aromatic heterocycles. The first kappa shape index (κ1) is 22.3. The summed E-state index contributed by atoms with van der Waals surface area (Å²) < 4.78 is 10.9. The molecule has 0 aliphatic carbocycles. The molecular weight excluding hydrogens is 390 g/mol. The summed E-state index contributed by atoms with van der Waals surface area (Å²) >= 11 is 0. The van der Waals surface area contributed by atoms with Crippen LogP contribution in [0.4, 0.5) is 5.69 Å². The summed E-state index contributed by atoms with van der Waals surface area (Å²) in [6.45, 7) is 9.86. The SMILES string of the molecule is CCOC(=O)C1=C(C)N(c2ccc(C)cc2)C(C)=C(C(=O)OCC)C1c1ccccc1. The van der Waals surface area contributed by atoms with Crippen LogP contribution < -0.4 is 4.90 Å². The van der Waals surface area contributed by atoms with Crippen LogP contribution in [0.3, 0.4) is 0 Å². The lowest BCUT2D eigenvalue weighted by Gasteiger charge is -2.38. The molecule has 0 unspecified atom stereocenters. The second-order valence-corrected chi connectivity index (χ2v) is 7.45. The Balaban J connectivity index is 2.30. The number of rotatable bonds is 6. The van der Waals surface area contributed by atoms with Gasteiger partial charge in [0, 0.05) is 17.1 Å². The third-order valence-corrected chi connectivity index (χ3v) is 5.44. The molecule has 31 heavy (non-hydrogen) atoms. The predicted molar refractivity (Wildman–Crippen MR) is 122 cm³/mol. The van der Waals surface area contributed by atoms with Crippen LogP contribution in [0.25, 0.3) is 0 Å². The van der Waals surface area contributed by atoms with E-state index in [9.17, 15) is 9.59 Å². The number of carbonyl (C=O) groups is 2. The van der Waals surface area contributed by atoms with E-state index >= 15 is 0 Å². The fourth-order valence-electron chi connectivity index (χ4n) is 4.06. The highest BCUT2D eigenvalue weighted by Gasteiger charge is 2.40. The van der Waals surface area contributed by atoms with Crippen LogP contribution in [0.5, 0.6) is 0 Å². The van der Waals surface area contributed by atoms with Crippen molar-refractivity contribution in [3.63, 3.8) is 0 Å². The van der Waals surface area contributed by atoms with Crippen LogP contribution in [0.1, 0.15) is 44.7 Å². The number of carbonyl (C=O) groups excluding carboxylic acids is 2. The van der Waals surface area contributed by atoms with E-state index in [0.29, 0.717) is 11.1 Å². The molecule has 2 aromatic rings. The molecule has 5 nitrogen and oxygen atoms in total. The Hall–Kier alpha value is -3.34. The quantitative estimate of drug-likeness (QED) is 0.597.